The van der Waals surface area contributed by atoms with E-state index in [1.54, 1.807) is 0 Å². The topological polar surface area (TPSA) is 0 Å². The van der Waals surface area contributed by atoms with E-state index in [2.05, 4.69) is 113 Å². The maximum atomic E-state index is 2.31. The van der Waals surface area contributed by atoms with Crippen molar-refractivity contribution in [3.05, 3.63) is 95.1 Å². The summed E-state index contributed by atoms with van der Waals surface area (Å²) in [5.41, 5.74) is 5.26. The van der Waals surface area contributed by atoms with Crippen LogP contribution in [0.25, 0.3) is 33.7 Å². The third-order valence-electron chi connectivity index (χ3n) is 5.58. The maximum absolute atomic E-state index is 2.31. The summed E-state index contributed by atoms with van der Waals surface area (Å²) in [6.45, 7) is 8.97. The quantitative estimate of drug-likeness (QED) is 0.319. The molecule has 0 unspecified atom stereocenters. The summed E-state index contributed by atoms with van der Waals surface area (Å²) in [6.07, 6.45) is 4.42. The molecule has 4 aromatic carbocycles. The van der Waals surface area contributed by atoms with Gasteiger partial charge in [-0.3, -0.25) is 0 Å². The second-order valence-corrected chi connectivity index (χ2v) is 8.37. The molecule has 0 aliphatic rings. The van der Waals surface area contributed by atoms with Crippen LogP contribution in [-0.2, 0) is 0 Å². The van der Waals surface area contributed by atoms with Crippen molar-refractivity contribution in [2.75, 3.05) is 0 Å². The fraction of sp³-hybridized carbons (Fsp3) is 0.214. The predicted octanol–water partition coefficient (Wildman–Crippen LogP) is 8.41. The Labute approximate surface area is 168 Å². The van der Waals surface area contributed by atoms with E-state index in [0.717, 1.165) is 0 Å². The number of fused-ring (bicyclic) bond motifs is 2. The van der Waals surface area contributed by atoms with Gasteiger partial charge in [0.2, 0.25) is 0 Å². The van der Waals surface area contributed by atoms with E-state index < -0.39 is 0 Å². The van der Waals surface area contributed by atoms with Gasteiger partial charge >= 0.3 is 0 Å². The second-order valence-electron chi connectivity index (χ2n) is 8.37. The van der Waals surface area contributed by atoms with Crippen molar-refractivity contribution in [3.63, 3.8) is 0 Å². The van der Waals surface area contributed by atoms with Crippen molar-refractivity contribution < 1.29 is 0 Å². The number of rotatable bonds is 4. The summed E-state index contributed by atoms with van der Waals surface area (Å²) >= 11 is 0. The average Bonchev–Trinajstić information content (AvgIpc) is 2.71. The van der Waals surface area contributed by atoms with Gasteiger partial charge in [-0.25, -0.2) is 0 Å². The molecule has 0 amide bonds. The third kappa shape index (κ3) is 3.87. The van der Waals surface area contributed by atoms with Crippen molar-refractivity contribution >= 4 is 33.7 Å². The number of hydrogen-bond acceptors (Lipinski definition) is 0. The summed E-state index contributed by atoms with van der Waals surface area (Å²) in [5.74, 6) is 1.13. The fourth-order valence-electron chi connectivity index (χ4n) is 3.68. The first-order chi connectivity index (χ1) is 13.5. The molecule has 140 valence electrons. The van der Waals surface area contributed by atoms with Crippen molar-refractivity contribution in [3.8, 4) is 0 Å². The second kappa shape index (κ2) is 7.64. The predicted molar refractivity (Wildman–Crippen MR) is 125 cm³/mol. The molecule has 28 heavy (non-hydrogen) atoms. The van der Waals surface area contributed by atoms with Crippen molar-refractivity contribution in [2.45, 2.75) is 39.5 Å². The van der Waals surface area contributed by atoms with Gasteiger partial charge in [0.1, 0.15) is 0 Å². The lowest BCUT2D eigenvalue weighted by Crippen LogP contribution is -1.87. The van der Waals surface area contributed by atoms with Crippen molar-refractivity contribution in [1.82, 2.24) is 0 Å². The van der Waals surface area contributed by atoms with E-state index in [1.807, 2.05) is 0 Å². The van der Waals surface area contributed by atoms with Gasteiger partial charge < -0.3 is 0 Å². The van der Waals surface area contributed by atoms with Crippen LogP contribution in [0.2, 0.25) is 0 Å². The van der Waals surface area contributed by atoms with Gasteiger partial charge in [0.15, 0.2) is 0 Å². The summed E-state index contributed by atoms with van der Waals surface area (Å²) in [7, 11) is 0. The van der Waals surface area contributed by atoms with E-state index in [1.165, 1.54) is 43.8 Å². The summed E-state index contributed by atoms with van der Waals surface area (Å²) in [5, 5.41) is 5.22. The molecule has 0 saturated heterocycles. The van der Waals surface area contributed by atoms with E-state index in [9.17, 15) is 0 Å². The zero-order valence-corrected chi connectivity index (χ0v) is 17.2. The van der Waals surface area contributed by atoms with Crippen LogP contribution in [0.15, 0.2) is 72.8 Å². The van der Waals surface area contributed by atoms with Gasteiger partial charge in [-0.2, -0.15) is 0 Å². The van der Waals surface area contributed by atoms with Gasteiger partial charge in [-0.1, -0.05) is 101 Å². The van der Waals surface area contributed by atoms with Crippen molar-refractivity contribution in [1.29, 1.82) is 0 Å². The Morgan fingerprint density at radius 2 is 0.821 bits per heavy atom. The Hall–Kier alpha value is -2.86. The molecule has 0 nitrogen and oxygen atoms in total. The molecular weight excluding hydrogens is 336 g/mol. The minimum atomic E-state index is 0.563. The van der Waals surface area contributed by atoms with Crippen LogP contribution in [0.5, 0.6) is 0 Å². The normalized spacial score (nSPS) is 12.1. The maximum Gasteiger partial charge on any atom is -0.0178 e. The molecule has 0 spiro atoms. The largest absolute Gasteiger partial charge is 0.0587 e. The first-order valence-electron chi connectivity index (χ1n) is 10.2. The standard InChI is InChI=1S/C28H28/c1-19(2)23-11-13-25-15-21(7-9-27(25)17-23)5-6-22-8-10-28-18-24(20(3)4)12-14-26(28)16-22/h5-20H,1-4H3. The highest BCUT2D eigenvalue weighted by Gasteiger charge is 2.02. The molecule has 0 N–H and O–H groups in total. The fourth-order valence-corrected chi connectivity index (χ4v) is 3.68. The van der Waals surface area contributed by atoms with Gasteiger partial charge in [0, 0.05) is 0 Å². The molecule has 0 bridgehead atoms. The van der Waals surface area contributed by atoms with Crippen molar-refractivity contribution in [2.24, 2.45) is 0 Å². The molecule has 0 aliphatic carbocycles. The van der Waals surface area contributed by atoms with Crippen LogP contribution < -0.4 is 0 Å². The zero-order valence-electron chi connectivity index (χ0n) is 17.2. The van der Waals surface area contributed by atoms with Crippen LogP contribution in [0.1, 0.15) is 61.8 Å². The lowest BCUT2D eigenvalue weighted by atomic mass is 9.97. The molecule has 4 rings (SSSR count). The van der Waals surface area contributed by atoms with E-state index in [0.29, 0.717) is 11.8 Å². The van der Waals surface area contributed by atoms with E-state index >= 15 is 0 Å². The Bertz CT molecular complexity index is 1070. The van der Waals surface area contributed by atoms with Gasteiger partial charge in [0.05, 0.1) is 0 Å². The van der Waals surface area contributed by atoms with Crippen LogP contribution in [0.3, 0.4) is 0 Å². The molecule has 0 fully saturated rings. The van der Waals surface area contributed by atoms with E-state index in [-0.39, 0.29) is 0 Å². The first kappa shape index (κ1) is 18.5. The van der Waals surface area contributed by atoms with E-state index in [4.69, 9.17) is 0 Å². The molecule has 0 aliphatic heterocycles. The van der Waals surface area contributed by atoms with Crippen LogP contribution in [0.4, 0.5) is 0 Å². The summed E-state index contributed by atoms with van der Waals surface area (Å²) < 4.78 is 0. The Morgan fingerprint density at radius 3 is 1.21 bits per heavy atom. The number of benzene rings is 4. The van der Waals surface area contributed by atoms with Gasteiger partial charge in [-0.05, 0) is 67.8 Å². The first-order valence-corrected chi connectivity index (χ1v) is 10.2. The molecule has 0 saturated carbocycles. The number of hydrogen-bond donors (Lipinski definition) is 0. The average molecular weight is 365 g/mol. The Morgan fingerprint density at radius 1 is 0.464 bits per heavy atom. The van der Waals surface area contributed by atoms with Crippen LogP contribution in [-0.4, -0.2) is 0 Å². The Kier molecular flexibility index (Phi) is 5.05. The SMILES string of the molecule is CC(C)c1ccc2cc(C=Cc3ccc4cc(C(C)C)ccc4c3)ccc2c1. The molecule has 0 radical (unpaired) electrons. The molecular formula is C28H28. The van der Waals surface area contributed by atoms with Crippen LogP contribution in [0, 0.1) is 0 Å². The lowest BCUT2D eigenvalue weighted by molar-refractivity contribution is 0.868. The Balaban J connectivity index is 1.61. The minimum absolute atomic E-state index is 0.563. The molecule has 0 atom stereocenters. The minimum Gasteiger partial charge on any atom is -0.0587 e. The van der Waals surface area contributed by atoms with Crippen LogP contribution >= 0.6 is 0 Å². The monoisotopic (exact) mass is 364 g/mol. The van der Waals surface area contributed by atoms with Gasteiger partial charge in [0.25, 0.3) is 0 Å². The summed E-state index contributed by atoms with van der Waals surface area (Å²) in [4.78, 5) is 0. The molecule has 0 heterocycles. The zero-order chi connectivity index (χ0) is 19.7. The molecule has 4 aromatic rings. The summed E-state index contributed by atoms with van der Waals surface area (Å²) in [6, 6.07) is 27.0. The van der Waals surface area contributed by atoms with Gasteiger partial charge in [-0.15, -0.1) is 0 Å². The highest BCUT2D eigenvalue weighted by molar-refractivity contribution is 5.89. The molecule has 0 aromatic heterocycles. The highest BCUT2D eigenvalue weighted by Crippen LogP contribution is 2.25. The smallest absolute Gasteiger partial charge is 0.0178 e. The lowest BCUT2D eigenvalue weighted by Gasteiger charge is -2.08. The third-order valence-corrected chi connectivity index (χ3v) is 5.58. The highest BCUT2D eigenvalue weighted by atomic mass is 14.1. The molecule has 0 heteroatoms.